The molecule has 0 atom stereocenters. The van der Waals surface area contributed by atoms with E-state index in [1.165, 1.54) is 6.20 Å². The second-order valence-electron chi connectivity index (χ2n) is 2.37. The monoisotopic (exact) mass is 252 g/mol. The molecule has 72 valence electrons. The normalized spacial score (nSPS) is 10.8. The molecule has 0 aliphatic carbocycles. The van der Waals surface area contributed by atoms with Crippen molar-refractivity contribution >= 4 is 21.6 Å². The molecule has 1 heterocycles. The van der Waals surface area contributed by atoms with Gasteiger partial charge in [0.05, 0.1) is 5.69 Å². The fourth-order valence-corrected chi connectivity index (χ4v) is 1.28. The second-order valence-corrected chi connectivity index (χ2v) is 2.93. The highest BCUT2D eigenvalue weighted by Crippen LogP contribution is 2.33. The van der Waals surface area contributed by atoms with Crippen molar-refractivity contribution < 1.29 is 13.9 Å². The summed E-state index contributed by atoms with van der Waals surface area (Å²) in [4.78, 5) is 3.40. The third-order valence-corrected chi connectivity index (χ3v) is 2.16. The number of nitrogens with zero attached hydrogens (tertiary/aromatic N) is 1. The predicted molar refractivity (Wildman–Crippen MR) is 47.9 cm³/mol. The summed E-state index contributed by atoms with van der Waals surface area (Å²) < 4.78 is 24.3. The smallest absolute Gasteiger partial charge is 0.284 e. The number of nitrogens with two attached hydrogens (primary N) is 1. The molecular weight excluding hydrogens is 246 g/mol. The highest BCUT2D eigenvalue weighted by atomic mass is 79.9. The minimum absolute atomic E-state index is 0.0535. The summed E-state index contributed by atoms with van der Waals surface area (Å²) in [5.74, 6) is -0.632. The first-order valence-electron chi connectivity index (χ1n) is 3.38. The molecule has 0 aliphatic heterocycles. The molecule has 13 heavy (non-hydrogen) atoms. The molecule has 0 spiro atoms. The van der Waals surface area contributed by atoms with E-state index in [9.17, 15) is 13.9 Å². The summed E-state index contributed by atoms with van der Waals surface area (Å²) >= 11 is 3.09. The third-order valence-electron chi connectivity index (χ3n) is 1.55. The quantitative estimate of drug-likeness (QED) is 0.794. The maximum Gasteiger partial charge on any atom is 0.284 e. The number of halogens is 3. The van der Waals surface area contributed by atoms with Gasteiger partial charge in [0.2, 0.25) is 0 Å². The molecule has 0 bridgehead atoms. The van der Waals surface area contributed by atoms with Gasteiger partial charge in [-0.15, -0.1) is 0 Å². The zero-order valence-corrected chi connectivity index (χ0v) is 8.05. The number of rotatable bonds is 2. The van der Waals surface area contributed by atoms with E-state index in [1.54, 1.807) is 0 Å². The summed E-state index contributed by atoms with van der Waals surface area (Å²) in [7, 11) is 0. The van der Waals surface area contributed by atoms with Gasteiger partial charge >= 0.3 is 0 Å². The molecule has 1 aromatic rings. The largest absolute Gasteiger partial charge is 0.504 e. The maximum absolute atomic E-state index is 12.2. The van der Waals surface area contributed by atoms with Crippen molar-refractivity contribution in [1.29, 1.82) is 0 Å². The molecule has 0 saturated heterocycles. The van der Waals surface area contributed by atoms with E-state index in [2.05, 4.69) is 20.9 Å². The Bertz CT molecular complexity index is 320. The van der Waals surface area contributed by atoms with E-state index < -0.39 is 17.9 Å². The Hall–Kier alpha value is -0.910. The van der Waals surface area contributed by atoms with Crippen LogP contribution in [0.4, 0.5) is 14.5 Å². The van der Waals surface area contributed by atoms with Crippen LogP contribution in [0.1, 0.15) is 17.7 Å². The number of anilines is 1. The van der Waals surface area contributed by atoms with E-state index in [0.717, 1.165) is 0 Å². The van der Waals surface area contributed by atoms with Gasteiger partial charge in [-0.25, -0.2) is 8.78 Å². The van der Waals surface area contributed by atoms with Crippen molar-refractivity contribution in [3.63, 3.8) is 0 Å². The Balaban J connectivity index is 3.23. The molecule has 0 fully saturated rings. The lowest BCUT2D eigenvalue weighted by atomic mass is 10.2. The molecular formula is C7H7BrF2N2O. The molecule has 0 saturated carbocycles. The first-order valence-corrected chi connectivity index (χ1v) is 4.50. The standard InChI is InChI=1S/C7H7BrF2N2O/c8-1-3-2-12-5(7(9)10)6(13)4(3)11/h2,7,13H,1H2,(H2,11,12). The van der Waals surface area contributed by atoms with Crippen LogP contribution in [0, 0.1) is 0 Å². The molecule has 1 rings (SSSR count). The van der Waals surface area contributed by atoms with Crippen LogP contribution in [0.5, 0.6) is 5.75 Å². The number of pyridine rings is 1. The van der Waals surface area contributed by atoms with Crippen LogP contribution in [0.25, 0.3) is 0 Å². The summed E-state index contributed by atoms with van der Waals surface area (Å²) in [6.45, 7) is 0. The SMILES string of the molecule is Nc1c(CBr)cnc(C(F)F)c1O. The van der Waals surface area contributed by atoms with Gasteiger partial charge in [-0.3, -0.25) is 4.98 Å². The molecule has 0 aromatic carbocycles. The van der Waals surface area contributed by atoms with Gasteiger partial charge in [0.25, 0.3) is 6.43 Å². The first kappa shape index (κ1) is 10.2. The number of aromatic hydroxyl groups is 1. The highest BCUT2D eigenvalue weighted by Gasteiger charge is 2.18. The predicted octanol–water partition coefficient (Wildman–Crippen LogP) is 2.20. The van der Waals surface area contributed by atoms with Crippen LogP contribution >= 0.6 is 15.9 Å². The Labute approximate surface area is 81.7 Å². The lowest BCUT2D eigenvalue weighted by Gasteiger charge is -2.07. The van der Waals surface area contributed by atoms with E-state index in [4.69, 9.17) is 5.73 Å². The molecule has 0 aliphatic rings. The Morgan fingerprint density at radius 3 is 2.69 bits per heavy atom. The second kappa shape index (κ2) is 3.87. The van der Waals surface area contributed by atoms with E-state index in [1.807, 2.05) is 0 Å². The molecule has 3 N–H and O–H groups in total. The van der Waals surface area contributed by atoms with E-state index in [-0.39, 0.29) is 5.69 Å². The van der Waals surface area contributed by atoms with Crippen LogP contribution in [-0.2, 0) is 5.33 Å². The van der Waals surface area contributed by atoms with Gasteiger partial charge in [0.15, 0.2) is 5.75 Å². The van der Waals surface area contributed by atoms with Gasteiger partial charge in [-0.1, -0.05) is 15.9 Å². The summed E-state index contributed by atoms with van der Waals surface area (Å²) in [6, 6.07) is 0. The number of alkyl halides is 3. The number of aromatic nitrogens is 1. The van der Waals surface area contributed by atoms with E-state index in [0.29, 0.717) is 10.9 Å². The molecule has 3 nitrogen and oxygen atoms in total. The van der Waals surface area contributed by atoms with Gasteiger partial charge in [-0.2, -0.15) is 0 Å². The van der Waals surface area contributed by atoms with Crippen LogP contribution in [-0.4, -0.2) is 10.1 Å². The summed E-state index contributed by atoms with van der Waals surface area (Å²) in [5.41, 5.74) is 5.13. The average molecular weight is 253 g/mol. The maximum atomic E-state index is 12.2. The molecule has 0 unspecified atom stereocenters. The van der Waals surface area contributed by atoms with Crippen molar-refractivity contribution in [3.8, 4) is 5.75 Å². The lowest BCUT2D eigenvalue weighted by Crippen LogP contribution is -1.99. The average Bonchev–Trinajstić information content (AvgIpc) is 2.09. The first-order chi connectivity index (χ1) is 6.07. The van der Waals surface area contributed by atoms with Crippen LogP contribution in [0.3, 0.4) is 0 Å². The Kier molecular flexibility index (Phi) is 3.02. The minimum Gasteiger partial charge on any atom is -0.504 e. The number of hydrogen-bond donors (Lipinski definition) is 2. The van der Waals surface area contributed by atoms with Gasteiger partial charge < -0.3 is 10.8 Å². The molecule has 1 aromatic heterocycles. The number of nitrogen functional groups attached to an aromatic ring is 1. The van der Waals surface area contributed by atoms with Crippen LogP contribution in [0.15, 0.2) is 6.20 Å². The minimum atomic E-state index is -2.81. The summed E-state index contributed by atoms with van der Waals surface area (Å²) in [6.07, 6.45) is -1.60. The topological polar surface area (TPSA) is 59.1 Å². The van der Waals surface area contributed by atoms with Crippen molar-refractivity contribution in [1.82, 2.24) is 4.98 Å². The van der Waals surface area contributed by atoms with E-state index >= 15 is 0 Å². The van der Waals surface area contributed by atoms with Crippen molar-refractivity contribution in [2.45, 2.75) is 11.8 Å². The third kappa shape index (κ3) is 1.88. The lowest BCUT2D eigenvalue weighted by molar-refractivity contribution is 0.142. The summed E-state index contributed by atoms with van der Waals surface area (Å²) in [5, 5.41) is 9.56. The van der Waals surface area contributed by atoms with Crippen LogP contribution < -0.4 is 5.73 Å². The fraction of sp³-hybridized carbons (Fsp3) is 0.286. The van der Waals surface area contributed by atoms with Crippen molar-refractivity contribution in [2.24, 2.45) is 0 Å². The van der Waals surface area contributed by atoms with Crippen molar-refractivity contribution in [3.05, 3.63) is 17.5 Å². The van der Waals surface area contributed by atoms with Gasteiger partial charge in [-0.05, 0) is 0 Å². The zero-order valence-electron chi connectivity index (χ0n) is 6.47. The highest BCUT2D eigenvalue weighted by molar-refractivity contribution is 9.08. The molecule has 0 amide bonds. The molecule has 6 heteroatoms. The van der Waals surface area contributed by atoms with Gasteiger partial charge in [0, 0.05) is 17.1 Å². The van der Waals surface area contributed by atoms with Gasteiger partial charge in [0.1, 0.15) is 5.69 Å². The zero-order chi connectivity index (χ0) is 10.0. The van der Waals surface area contributed by atoms with Crippen LogP contribution in [0.2, 0.25) is 0 Å². The molecule has 0 radical (unpaired) electrons. The Morgan fingerprint density at radius 2 is 2.23 bits per heavy atom. The Morgan fingerprint density at radius 1 is 1.62 bits per heavy atom. The number of hydrogen-bond acceptors (Lipinski definition) is 3. The van der Waals surface area contributed by atoms with Crippen molar-refractivity contribution in [2.75, 3.05) is 5.73 Å². The fourth-order valence-electron chi connectivity index (χ4n) is 0.834.